The quantitative estimate of drug-likeness (QED) is 0.869. The van der Waals surface area contributed by atoms with Gasteiger partial charge in [0.1, 0.15) is 5.82 Å². The van der Waals surface area contributed by atoms with Crippen LogP contribution in [0.15, 0.2) is 24.3 Å². The summed E-state index contributed by atoms with van der Waals surface area (Å²) in [6, 6.07) is 6.49. The molecule has 1 heterocycles. The summed E-state index contributed by atoms with van der Waals surface area (Å²) >= 11 is 0. The van der Waals surface area contributed by atoms with Crippen molar-refractivity contribution in [2.45, 2.75) is 25.8 Å². The summed E-state index contributed by atoms with van der Waals surface area (Å²) in [5.74, 6) is 0.435. The lowest BCUT2D eigenvalue weighted by atomic mass is 9.92. The zero-order chi connectivity index (χ0) is 14.5. The second-order valence-electron chi connectivity index (χ2n) is 5.95. The highest BCUT2D eigenvalue weighted by Crippen LogP contribution is 2.24. The first-order valence-electron chi connectivity index (χ1n) is 7.45. The van der Waals surface area contributed by atoms with Crippen LogP contribution in [0.4, 0.5) is 4.39 Å². The molecule has 0 amide bonds. The molecule has 0 aliphatic carbocycles. The third-order valence-corrected chi connectivity index (χ3v) is 4.39. The second-order valence-corrected chi connectivity index (χ2v) is 5.95. The Morgan fingerprint density at radius 3 is 2.60 bits per heavy atom. The number of hydrogen-bond acceptors (Lipinski definition) is 3. The lowest BCUT2D eigenvalue weighted by Gasteiger charge is -2.34. The van der Waals surface area contributed by atoms with Crippen LogP contribution >= 0.6 is 0 Å². The van der Waals surface area contributed by atoms with Crippen LogP contribution in [0, 0.1) is 17.7 Å². The highest BCUT2D eigenvalue weighted by atomic mass is 19.1. The largest absolute Gasteiger partial charge is 0.396 e. The summed E-state index contributed by atoms with van der Waals surface area (Å²) in [7, 11) is 0. The molecule has 0 spiro atoms. The number of benzene rings is 1. The van der Waals surface area contributed by atoms with Crippen LogP contribution in [0.5, 0.6) is 0 Å². The Morgan fingerprint density at radius 2 is 2.00 bits per heavy atom. The topological polar surface area (TPSA) is 49.5 Å². The zero-order valence-corrected chi connectivity index (χ0v) is 12.1. The van der Waals surface area contributed by atoms with Gasteiger partial charge in [-0.3, -0.25) is 0 Å². The molecule has 1 fully saturated rings. The first kappa shape index (κ1) is 15.4. The van der Waals surface area contributed by atoms with E-state index < -0.39 is 0 Å². The lowest BCUT2D eigenvalue weighted by molar-refractivity contribution is 0.117. The number of rotatable bonds is 5. The van der Waals surface area contributed by atoms with Crippen molar-refractivity contribution >= 4 is 0 Å². The molecular weight excluding hydrogens is 255 g/mol. The zero-order valence-electron chi connectivity index (χ0n) is 12.1. The molecular formula is C16H25FN2O. The average molecular weight is 280 g/mol. The van der Waals surface area contributed by atoms with E-state index in [4.69, 9.17) is 10.8 Å². The van der Waals surface area contributed by atoms with Gasteiger partial charge in [-0.1, -0.05) is 25.1 Å². The molecule has 1 aliphatic rings. The number of nitrogens with two attached hydrogens (primary N) is 1. The van der Waals surface area contributed by atoms with Crippen LogP contribution in [0.25, 0.3) is 0 Å². The molecule has 112 valence electrons. The molecule has 3 nitrogen and oxygen atoms in total. The van der Waals surface area contributed by atoms with E-state index in [1.807, 2.05) is 6.07 Å². The average Bonchev–Trinajstić information content (AvgIpc) is 2.48. The van der Waals surface area contributed by atoms with E-state index in [1.54, 1.807) is 12.1 Å². The van der Waals surface area contributed by atoms with Gasteiger partial charge in [0.2, 0.25) is 0 Å². The Balaban J connectivity index is 1.89. The number of aliphatic hydroxyl groups excluding tert-OH is 1. The fourth-order valence-corrected chi connectivity index (χ4v) is 2.92. The minimum Gasteiger partial charge on any atom is -0.396 e. The molecule has 4 heteroatoms. The van der Waals surface area contributed by atoms with E-state index in [2.05, 4.69) is 11.8 Å². The number of likely N-dealkylation sites (tertiary alicyclic amines) is 1. The van der Waals surface area contributed by atoms with Crippen molar-refractivity contribution in [1.82, 2.24) is 4.90 Å². The molecule has 2 unspecified atom stereocenters. The van der Waals surface area contributed by atoms with Gasteiger partial charge < -0.3 is 15.7 Å². The summed E-state index contributed by atoms with van der Waals surface area (Å²) in [5.41, 5.74) is 6.81. The molecule has 2 atom stereocenters. The Bertz CT molecular complexity index is 419. The predicted molar refractivity (Wildman–Crippen MR) is 78.7 cm³/mol. The summed E-state index contributed by atoms with van der Waals surface area (Å²) in [4.78, 5) is 2.37. The second kappa shape index (κ2) is 7.16. The fraction of sp³-hybridized carbons (Fsp3) is 0.625. The summed E-state index contributed by atoms with van der Waals surface area (Å²) < 4.78 is 13.8. The van der Waals surface area contributed by atoms with Crippen molar-refractivity contribution in [1.29, 1.82) is 0 Å². The number of halogens is 1. The molecule has 1 aromatic carbocycles. The standard InChI is InChI=1S/C16H25FN2O/c1-12(10-19-8-6-13(11-20)7-9-19)16(18)14-4-2-3-5-15(14)17/h2-5,12-13,16,20H,6-11,18H2,1H3. The summed E-state index contributed by atoms with van der Waals surface area (Å²) in [5, 5.41) is 9.15. The molecule has 20 heavy (non-hydrogen) atoms. The molecule has 0 aromatic heterocycles. The summed E-state index contributed by atoms with van der Waals surface area (Å²) in [6.07, 6.45) is 2.08. The Morgan fingerprint density at radius 1 is 1.35 bits per heavy atom. The first-order chi connectivity index (χ1) is 9.61. The third kappa shape index (κ3) is 3.78. The maximum atomic E-state index is 13.8. The third-order valence-electron chi connectivity index (χ3n) is 4.39. The van der Waals surface area contributed by atoms with Crippen LogP contribution in [-0.2, 0) is 0 Å². The molecule has 1 saturated heterocycles. The molecule has 0 bridgehead atoms. The van der Waals surface area contributed by atoms with Crippen molar-refractivity contribution in [3.63, 3.8) is 0 Å². The minimum atomic E-state index is -0.272. The number of aliphatic hydroxyl groups is 1. The first-order valence-corrected chi connectivity index (χ1v) is 7.45. The Labute approximate surface area is 120 Å². The molecule has 0 radical (unpaired) electrons. The van der Waals surface area contributed by atoms with Crippen molar-refractivity contribution in [3.05, 3.63) is 35.6 Å². The highest BCUT2D eigenvalue weighted by Gasteiger charge is 2.23. The predicted octanol–water partition coefficient (Wildman–Crippen LogP) is 2.17. The smallest absolute Gasteiger partial charge is 0.127 e. The molecule has 2 rings (SSSR count). The maximum absolute atomic E-state index is 13.8. The van der Waals surface area contributed by atoms with E-state index in [1.165, 1.54) is 6.07 Å². The van der Waals surface area contributed by atoms with Crippen LogP contribution in [0.2, 0.25) is 0 Å². The van der Waals surface area contributed by atoms with Crippen molar-refractivity contribution in [3.8, 4) is 0 Å². The van der Waals surface area contributed by atoms with Gasteiger partial charge in [-0.15, -0.1) is 0 Å². The van der Waals surface area contributed by atoms with E-state index in [0.717, 1.165) is 32.5 Å². The normalized spacial score (nSPS) is 20.8. The molecule has 1 aliphatic heterocycles. The van der Waals surface area contributed by atoms with E-state index in [0.29, 0.717) is 11.5 Å². The van der Waals surface area contributed by atoms with Crippen molar-refractivity contribution in [2.24, 2.45) is 17.6 Å². The SMILES string of the molecule is CC(CN1CCC(CO)CC1)C(N)c1ccccc1F. The van der Waals surface area contributed by atoms with Gasteiger partial charge in [0, 0.05) is 24.8 Å². The van der Waals surface area contributed by atoms with Crippen molar-refractivity contribution in [2.75, 3.05) is 26.2 Å². The van der Waals surface area contributed by atoms with E-state index >= 15 is 0 Å². The van der Waals surface area contributed by atoms with Crippen LogP contribution < -0.4 is 5.73 Å². The number of nitrogens with zero attached hydrogens (tertiary/aromatic N) is 1. The van der Waals surface area contributed by atoms with Gasteiger partial charge in [0.05, 0.1) is 0 Å². The Hall–Kier alpha value is -0.970. The maximum Gasteiger partial charge on any atom is 0.127 e. The van der Waals surface area contributed by atoms with Gasteiger partial charge in [-0.25, -0.2) is 4.39 Å². The molecule has 3 N–H and O–H groups in total. The lowest BCUT2D eigenvalue weighted by Crippen LogP contribution is -2.39. The van der Waals surface area contributed by atoms with E-state index in [-0.39, 0.29) is 24.4 Å². The van der Waals surface area contributed by atoms with Crippen LogP contribution in [0.3, 0.4) is 0 Å². The number of hydrogen-bond donors (Lipinski definition) is 2. The molecule has 0 saturated carbocycles. The van der Waals surface area contributed by atoms with Gasteiger partial charge in [0.15, 0.2) is 0 Å². The highest BCUT2D eigenvalue weighted by molar-refractivity contribution is 5.21. The van der Waals surface area contributed by atoms with Crippen LogP contribution in [0.1, 0.15) is 31.4 Å². The van der Waals surface area contributed by atoms with Gasteiger partial charge in [-0.2, -0.15) is 0 Å². The Kier molecular flexibility index (Phi) is 5.52. The van der Waals surface area contributed by atoms with Crippen LogP contribution in [-0.4, -0.2) is 36.2 Å². The van der Waals surface area contributed by atoms with Gasteiger partial charge in [-0.05, 0) is 43.8 Å². The fourth-order valence-electron chi connectivity index (χ4n) is 2.92. The molecule has 1 aromatic rings. The summed E-state index contributed by atoms with van der Waals surface area (Å²) in [6.45, 7) is 5.25. The number of piperidine rings is 1. The van der Waals surface area contributed by atoms with Gasteiger partial charge >= 0.3 is 0 Å². The van der Waals surface area contributed by atoms with E-state index in [9.17, 15) is 4.39 Å². The van der Waals surface area contributed by atoms with Gasteiger partial charge in [0.25, 0.3) is 0 Å². The minimum absolute atomic E-state index is 0.206. The van der Waals surface area contributed by atoms with Crippen molar-refractivity contribution < 1.29 is 9.50 Å². The monoisotopic (exact) mass is 280 g/mol.